The van der Waals surface area contributed by atoms with Gasteiger partial charge in [0.25, 0.3) is 0 Å². The highest BCUT2D eigenvalue weighted by molar-refractivity contribution is 5.91. The number of methoxy groups -OCH3 is 1. The van der Waals surface area contributed by atoms with Crippen LogP contribution in [-0.4, -0.2) is 30.9 Å². The summed E-state index contributed by atoms with van der Waals surface area (Å²) in [6, 6.07) is 25.6. The molecule has 0 radical (unpaired) electrons. The Morgan fingerprint density at radius 2 is 1.37 bits per heavy atom. The summed E-state index contributed by atoms with van der Waals surface area (Å²) in [6.07, 6.45) is 1.00. The number of hydrogen-bond donors (Lipinski definition) is 2. The van der Waals surface area contributed by atoms with E-state index in [4.69, 9.17) is 9.47 Å². The number of anilines is 1. The zero-order chi connectivity index (χ0) is 24.9. The lowest BCUT2D eigenvalue weighted by atomic mass is 10.1. The first-order chi connectivity index (χ1) is 17.0. The highest BCUT2D eigenvalue weighted by Crippen LogP contribution is 2.17. The van der Waals surface area contributed by atoms with E-state index in [1.165, 1.54) is 7.11 Å². The fraction of sp³-hybridized carbons (Fsp3) is 0.250. The first-order valence-corrected chi connectivity index (χ1v) is 11.5. The topological polar surface area (TPSA) is 93.7 Å². The lowest BCUT2D eigenvalue weighted by Crippen LogP contribution is -2.43. The maximum atomic E-state index is 12.3. The molecule has 2 N–H and O–H groups in total. The van der Waals surface area contributed by atoms with E-state index in [0.717, 1.165) is 11.1 Å². The van der Waals surface area contributed by atoms with E-state index < -0.39 is 12.0 Å². The zero-order valence-electron chi connectivity index (χ0n) is 19.7. The van der Waals surface area contributed by atoms with Gasteiger partial charge in [0.2, 0.25) is 11.8 Å². The molecule has 3 rings (SSSR count). The van der Waals surface area contributed by atoms with Gasteiger partial charge in [-0.2, -0.15) is 0 Å². The summed E-state index contributed by atoms with van der Waals surface area (Å²) in [7, 11) is 1.29. The second-order valence-electron chi connectivity index (χ2n) is 8.03. The number of benzene rings is 3. The van der Waals surface area contributed by atoms with Crippen molar-refractivity contribution in [2.45, 2.75) is 38.3 Å². The molecule has 1 atom stereocenters. The molecule has 7 heteroatoms. The van der Waals surface area contributed by atoms with Crippen LogP contribution >= 0.6 is 0 Å². The predicted octanol–water partition coefficient (Wildman–Crippen LogP) is 4.27. The second-order valence-corrected chi connectivity index (χ2v) is 8.03. The molecule has 2 amide bonds. The number of ether oxygens (including phenoxy) is 2. The quantitative estimate of drug-likeness (QED) is 0.382. The van der Waals surface area contributed by atoms with Gasteiger partial charge in [0.15, 0.2) is 0 Å². The Hall–Kier alpha value is -4.13. The fourth-order valence-electron chi connectivity index (χ4n) is 3.46. The Labute approximate surface area is 205 Å². The first-order valence-electron chi connectivity index (χ1n) is 11.5. The minimum atomic E-state index is -0.772. The van der Waals surface area contributed by atoms with Gasteiger partial charge in [-0.15, -0.1) is 0 Å². The molecular weight excluding hydrogens is 444 g/mol. The second kappa shape index (κ2) is 13.5. The highest BCUT2D eigenvalue weighted by Gasteiger charge is 2.21. The number of rotatable bonds is 12. The van der Waals surface area contributed by atoms with Crippen molar-refractivity contribution >= 4 is 23.5 Å². The van der Waals surface area contributed by atoms with Gasteiger partial charge < -0.3 is 20.1 Å². The third kappa shape index (κ3) is 8.97. The molecule has 0 saturated carbocycles. The molecule has 0 aliphatic heterocycles. The number of carbonyl (C=O) groups excluding carboxylic acids is 3. The Bertz CT molecular complexity index is 1090. The molecule has 0 spiro atoms. The molecule has 7 nitrogen and oxygen atoms in total. The summed E-state index contributed by atoms with van der Waals surface area (Å²) in [5.74, 6) is -0.288. The van der Waals surface area contributed by atoms with E-state index >= 15 is 0 Å². The van der Waals surface area contributed by atoms with Gasteiger partial charge in [0, 0.05) is 24.9 Å². The maximum Gasteiger partial charge on any atom is 0.328 e. The van der Waals surface area contributed by atoms with Gasteiger partial charge in [-0.05, 0) is 41.8 Å². The van der Waals surface area contributed by atoms with Crippen molar-refractivity contribution < 1.29 is 23.9 Å². The molecule has 0 heterocycles. The summed E-state index contributed by atoms with van der Waals surface area (Å²) in [5, 5.41) is 5.53. The summed E-state index contributed by atoms with van der Waals surface area (Å²) in [4.78, 5) is 36.7. The van der Waals surface area contributed by atoms with Crippen LogP contribution in [0.2, 0.25) is 0 Å². The van der Waals surface area contributed by atoms with Gasteiger partial charge in [-0.3, -0.25) is 9.59 Å². The number of esters is 1. The van der Waals surface area contributed by atoms with Crippen LogP contribution in [0.3, 0.4) is 0 Å². The lowest BCUT2D eigenvalue weighted by molar-refractivity contribution is -0.145. The van der Waals surface area contributed by atoms with Crippen LogP contribution in [-0.2, 0) is 32.1 Å². The van der Waals surface area contributed by atoms with Crippen LogP contribution in [0.25, 0.3) is 0 Å². The Kier molecular flexibility index (Phi) is 9.87. The van der Waals surface area contributed by atoms with Crippen LogP contribution in [0, 0.1) is 0 Å². The molecule has 35 heavy (non-hydrogen) atoms. The monoisotopic (exact) mass is 474 g/mol. The van der Waals surface area contributed by atoms with Gasteiger partial charge in [0.1, 0.15) is 18.4 Å². The van der Waals surface area contributed by atoms with Crippen molar-refractivity contribution in [2.24, 2.45) is 0 Å². The molecule has 0 aliphatic rings. The standard InChI is InChI=1S/C28H30N2O5/c1-34-28(33)25(19-21-9-4-2-5-10-21)30-27(32)14-8-13-26(31)29-23-15-17-24(18-16-23)35-20-22-11-6-3-7-12-22/h2-7,9-12,15-18,25H,8,13-14,19-20H2,1H3,(H,29,31)(H,30,32)/t25-/m0/s1. The van der Waals surface area contributed by atoms with E-state index in [0.29, 0.717) is 30.9 Å². The number of carbonyl (C=O) groups is 3. The van der Waals surface area contributed by atoms with Gasteiger partial charge in [0.05, 0.1) is 7.11 Å². The molecule has 182 valence electrons. The summed E-state index contributed by atoms with van der Waals surface area (Å²) >= 11 is 0. The predicted molar refractivity (Wildman–Crippen MR) is 134 cm³/mol. The Morgan fingerprint density at radius 1 is 0.771 bits per heavy atom. The van der Waals surface area contributed by atoms with E-state index in [2.05, 4.69) is 10.6 Å². The minimum Gasteiger partial charge on any atom is -0.489 e. The lowest BCUT2D eigenvalue weighted by Gasteiger charge is -2.16. The average Bonchev–Trinajstić information content (AvgIpc) is 2.88. The van der Waals surface area contributed by atoms with Crippen molar-refractivity contribution in [3.8, 4) is 5.75 Å². The number of amides is 2. The average molecular weight is 475 g/mol. The molecule has 0 bridgehead atoms. The van der Waals surface area contributed by atoms with Crippen molar-refractivity contribution in [1.29, 1.82) is 0 Å². The molecule has 3 aromatic rings. The van der Waals surface area contributed by atoms with Crippen LogP contribution < -0.4 is 15.4 Å². The van der Waals surface area contributed by atoms with Crippen LogP contribution in [0.5, 0.6) is 5.75 Å². The van der Waals surface area contributed by atoms with Crippen molar-refractivity contribution in [3.05, 3.63) is 96.1 Å². The molecule has 0 aliphatic carbocycles. The highest BCUT2D eigenvalue weighted by atomic mass is 16.5. The summed E-state index contributed by atoms with van der Waals surface area (Å²) < 4.78 is 10.6. The fourth-order valence-corrected chi connectivity index (χ4v) is 3.46. The molecule has 0 fully saturated rings. The van der Waals surface area contributed by atoms with Crippen LogP contribution in [0.15, 0.2) is 84.9 Å². The maximum absolute atomic E-state index is 12.3. The van der Waals surface area contributed by atoms with Crippen molar-refractivity contribution in [1.82, 2.24) is 5.32 Å². The molecule has 0 aromatic heterocycles. The number of nitrogens with one attached hydrogen (secondary N) is 2. The van der Waals surface area contributed by atoms with Crippen molar-refractivity contribution in [3.63, 3.8) is 0 Å². The molecular formula is C28H30N2O5. The molecule has 0 unspecified atom stereocenters. The zero-order valence-corrected chi connectivity index (χ0v) is 19.7. The first kappa shape index (κ1) is 25.5. The minimum absolute atomic E-state index is 0.127. The van der Waals surface area contributed by atoms with Crippen LogP contribution in [0.4, 0.5) is 5.69 Å². The Morgan fingerprint density at radius 3 is 2.00 bits per heavy atom. The third-order valence-corrected chi connectivity index (χ3v) is 5.30. The smallest absolute Gasteiger partial charge is 0.328 e. The van der Waals surface area contributed by atoms with E-state index in [-0.39, 0.29) is 24.7 Å². The summed E-state index contributed by atoms with van der Waals surface area (Å²) in [6.45, 7) is 0.469. The molecule has 0 saturated heterocycles. The molecule has 3 aromatic carbocycles. The SMILES string of the molecule is COC(=O)[C@H](Cc1ccccc1)NC(=O)CCCC(=O)Nc1ccc(OCc2ccccc2)cc1. The van der Waals surface area contributed by atoms with E-state index in [1.807, 2.05) is 60.7 Å². The van der Waals surface area contributed by atoms with Crippen LogP contribution in [0.1, 0.15) is 30.4 Å². The van der Waals surface area contributed by atoms with E-state index in [9.17, 15) is 14.4 Å². The number of hydrogen-bond acceptors (Lipinski definition) is 5. The summed E-state index contributed by atoms with van der Waals surface area (Å²) in [5.41, 5.74) is 2.64. The van der Waals surface area contributed by atoms with E-state index in [1.54, 1.807) is 24.3 Å². The van der Waals surface area contributed by atoms with Crippen molar-refractivity contribution in [2.75, 3.05) is 12.4 Å². The largest absolute Gasteiger partial charge is 0.489 e. The normalized spacial score (nSPS) is 11.2. The van der Waals surface area contributed by atoms with Gasteiger partial charge in [-0.1, -0.05) is 60.7 Å². The Balaban J connectivity index is 1.38. The third-order valence-electron chi connectivity index (χ3n) is 5.30. The van der Waals surface area contributed by atoms with Gasteiger partial charge >= 0.3 is 5.97 Å². The van der Waals surface area contributed by atoms with Gasteiger partial charge in [-0.25, -0.2) is 4.79 Å².